The van der Waals surface area contributed by atoms with E-state index in [0.29, 0.717) is 26.1 Å². The minimum absolute atomic E-state index is 0.0729. The molecule has 0 N–H and O–H groups in total. The Balaban J connectivity index is 2.50. The van der Waals surface area contributed by atoms with Crippen LogP contribution >= 0.6 is 0 Å². The van der Waals surface area contributed by atoms with Crippen LogP contribution in [-0.4, -0.2) is 41.9 Å². The van der Waals surface area contributed by atoms with Gasteiger partial charge >= 0.3 is 5.97 Å². The molecule has 2 atom stereocenters. The van der Waals surface area contributed by atoms with E-state index in [4.69, 9.17) is 13.6 Å². The van der Waals surface area contributed by atoms with E-state index in [9.17, 15) is 4.79 Å². The van der Waals surface area contributed by atoms with Crippen molar-refractivity contribution in [2.45, 2.75) is 97.5 Å². The smallest absolute Gasteiger partial charge is 0.305 e. The fraction of sp³-hybridized carbons (Fsp3) is 0.581. The van der Waals surface area contributed by atoms with Crippen molar-refractivity contribution in [1.82, 2.24) is 0 Å². The summed E-state index contributed by atoms with van der Waals surface area (Å²) >= 11 is 0. The van der Waals surface area contributed by atoms with E-state index in [-0.39, 0.29) is 28.1 Å². The molecule has 0 spiro atoms. The van der Waals surface area contributed by atoms with Crippen LogP contribution in [0.4, 0.5) is 0 Å². The first-order valence-electron chi connectivity index (χ1n) is 13.7. The number of carbonyl (C=O) groups is 1. The summed E-state index contributed by atoms with van der Waals surface area (Å²) in [4.78, 5) is 12.2. The van der Waals surface area contributed by atoms with Crippen LogP contribution in [0.25, 0.3) is 0 Å². The normalized spacial score (nSPS) is 14.8. The highest BCUT2D eigenvalue weighted by atomic mass is 28.4. The summed E-state index contributed by atoms with van der Waals surface area (Å²) in [5.74, 6) is 0.00470. The Morgan fingerprint density at radius 2 is 1.32 bits per heavy atom. The predicted molar refractivity (Wildman–Crippen MR) is 161 cm³/mol. The third-order valence-corrected chi connectivity index (χ3v) is 17.4. The molecular formula is C31H50O4Si2. The molecule has 2 rings (SSSR count). The van der Waals surface area contributed by atoms with Crippen molar-refractivity contribution in [3.05, 3.63) is 60.7 Å². The molecule has 2 aromatic carbocycles. The van der Waals surface area contributed by atoms with Gasteiger partial charge in [-0.25, -0.2) is 0 Å². The summed E-state index contributed by atoms with van der Waals surface area (Å²) in [6.45, 7) is 23.2. The van der Waals surface area contributed by atoms with Crippen molar-refractivity contribution in [2.75, 3.05) is 13.2 Å². The van der Waals surface area contributed by atoms with Gasteiger partial charge in [0.15, 0.2) is 8.32 Å². The first-order chi connectivity index (χ1) is 17.2. The molecule has 0 amide bonds. The average molecular weight is 543 g/mol. The molecule has 0 aliphatic heterocycles. The van der Waals surface area contributed by atoms with Crippen molar-refractivity contribution < 1.29 is 18.4 Å². The Bertz CT molecular complexity index is 923. The maximum atomic E-state index is 12.2. The summed E-state index contributed by atoms with van der Waals surface area (Å²) < 4.78 is 19.5. The van der Waals surface area contributed by atoms with Crippen LogP contribution in [0.1, 0.15) is 68.2 Å². The minimum Gasteiger partial charge on any atom is -0.466 e. The van der Waals surface area contributed by atoms with Gasteiger partial charge in [-0.2, -0.15) is 0 Å². The van der Waals surface area contributed by atoms with E-state index in [1.54, 1.807) is 0 Å². The van der Waals surface area contributed by atoms with E-state index in [2.05, 4.69) is 122 Å². The Morgan fingerprint density at radius 1 is 0.838 bits per heavy atom. The van der Waals surface area contributed by atoms with Crippen molar-refractivity contribution in [1.29, 1.82) is 0 Å². The molecule has 206 valence electrons. The number of carbonyl (C=O) groups excluding carboxylic acids is 1. The third kappa shape index (κ3) is 7.88. The highest BCUT2D eigenvalue weighted by molar-refractivity contribution is 6.99. The standard InChI is InChI=1S/C31H50O4Si2/c1-11-33-29(32)23-22-25(2)28(35-36(9,10)30(3,4)5)24-34-37(31(6,7)8,26-18-14-12-15-19-26)27-20-16-13-17-21-27/h12-21,25,28H,11,22-24H2,1-10H3/t25-,28+/m0/s1. The van der Waals surface area contributed by atoms with Gasteiger partial charge in [0, 0.05) is 6.42 Å². The Kier molecular flexibility index (Phi) is 11.0. The van der Waals surface area contributed by atoms with E-state index in [1.165, 1.54) is 10.4 Å². The molecule has 0 bridgehead atoms. The molecule has 0 fully saturated rings. The first-order valence-corrected chi connectivity index (χ1v) is 18.6. The number of benzene rings is 2. The zero-order valence-corrected chi connectivity index (χ0v) is 26.9. The van der Waals surface area contributed by atoms with Crippen LogP contribution in [0, 0.1) is 5.92 Å². The topological polar surface area (TPSA) is 44.8 Å². The maximum absolute atomic E-state index is 12.2. The molecular weight excluding hydrogens is 493 g/mol. The fourth-order valence-electron chi connectivity index (χ4n) is 4.60. The Hall–Kier alpha value is -1.74. The van der Waals surface area contributed by atoms with Crippen LogP contribution in [-0.2, 0) is 18.4 Å². The second kappa shape index (κ2) is 12.9. The van der Waals surface area contributed by atoms with Gasteiger partial charge < -0.3 is 13.6 Å². The third-order valence-electron chi connectivity index (χ3n) is 7.88. The van der Waals surface area contributed by atoms with Gasteiger partial charge in [0.2, 0.25) is 0 Å². The predicted octanol–water partition coefficient (Wildman–Crippen LogP) is 6.93. The molecule has 0 aromatic heterocycles. The summed E-state index contributed by atoms with van der Waals surface area (Å²) in [7, 11) is -4.78. The molecule has 2 aromatic rings. The second-order valence-electron chi connectivity index (χ2n) is 12.7. The SMILES string of the molecule is CCOC(=O)CC[C@H](C)[C@@H](CO[Si](c1ccccc1)(c1ccccc1)C(C)(C)C)O[Si](C)(C)C(C)(C)C. The van der Waals surface area contributed by atoms with Crippen molar-refractivity contribution in [3.8, 4) is 0 Å². The molecule has 0 aliphatic rings. The minimum atomic E-state index is -2.69. The highest BCUT2D eigenvalue weighted by Gasteiger charge is 2.51. The zero-order valence-electron chi connectivity index (χ0n) is 24.9. The highest BCUT2D eigenvalue weighted by Crippen LogP contribution is 2.40. The number of hydrogen-bond acceptors (Lipinski definition) is 4. The Morgan fingerprint density at radius 3 is 1.73 bits per heavy atom. The number of hydrogen-bond donors (Lipinski definition) is 0. The molecule has 4 nitrogen and oxygen atoms in total. The van der Waals surface area contributed by atoms with Gasteiger partial charge in [-0.05, 0) is 52.8 Å². The van der Waals surface area contributed by atoms with Gasteiger partial charge in [-0.1, -0.05) is 109 Å². The molecule has 0 heterocycles. The number of esters is 1. The molecule has 0 saturated heterocycles. The largest absolute Gasteiger partial charge is 0.466 e. The lowest BCUT2D eigenvalue weighted by Gasteiger charge is -2.46. The van der Waals surface area contributed by atoms with E-state index in [1.807, 2.05) is 6.92 Å². The number of rotatable bonds is 12. The van der Waals surface area contributed by atoms with Crippen LogP contribution in [0.5, 0.6) is 0 Å². The van der Waals surface area contributed by atoms with Gasteiger partial charge in [0.05, 0.1) is 19.3 Å². The molecule has 0 saturated carbocycles. The molecule has 0 aliphatic carbocycles. The molecule has 6 heteroatoms. The molecule has 0 radical (unpaired) electrons. The summed E-state index contributed by atoms with van der Waals surface area (Å²) in [5, 5.41) is 2.49. The maximum Gasteiger partial charge on any atom is 0.305 e. The van der Waals surface area contributed by atoms with Crippen molar-refractivity contribution in [3.63, 3.8) is 0 Å². The van der Waals surface area contributed by atoms with Gasteiger partial charge in [0.1, 0.15) is 0 Å². The monoisotopic (exact) mass is 542 g/mol. The van der Waals surface area contributed by atoms with Crippen LogP contribution < -0.4 is 10.4 Å². The molecule has 37 heavy (non-hydrogen) atoms. The lowest BCUT2D eigenvalue weighted by Crippen LogP contribution is -2.67. The van der Waals surface area contributed by atoms with Gasteiger partial charge in [-0.3, -0.25) is 4.79 Å². The lowest BCUT2D eigenvalue weighted by atomic mass is 10.00. The average Bonchev–Trinajstić information content (AvgIpc) is 2.82. The quantitative estimate of drug-likeness (QED) is 0.215. The summed E-state index contributed by atoms with van der Waals surface area (Å²) in [6.07, 6.45) is 0.991. The van der Waals surface area contributed by atoms with Gasteiger partial charge in [0.25, 0.3) is 8.32 Å². The number of ether oxygens (including phenoxy) is 1. The second-order valence-corrected chi connectivity index (χ2v) is 21.8. The Labute approximate surface area is 228 Å². The van der Waals surface area contributed by atoms with Crippen LogP contribution in [0.3, 0.4) is 0 Å². The first kappa shape index (κ1) is 31.5. The summed E-state index contributed by atoms with van der Waals surface area (Å²) in [5.41, 5.74) is 0. The van der Waals surface area contributed by atoms with Crippen LogP contribution in [0.2, 0.25) is 23.2 Å². The van der Waals surface area contributed by atoms with E-state index < -0.39 is 16.6 Å². The van der Waals surface area contributed by atoms with Crippen molar-refractivity contribution >= 4 is 33.0 Å². The molecule has 0 unspecified atom stereocenters. The van der Waals surface area contributed by atoms with E-state index in [0.717, 1.165) is 0 Å². The lowest BCUT2D eigenvalue weighted by molar-refractivity contribution is -0.143. The van der Waals surface area contributed by atoms with Crippen LogP contribution in [0.15, 0.2) is 60.7 Å². The summed E-state index contributed by atoms with van der Waals surface area (Å²) in [6, 6.07) is 21.5. The fourth-order valence-corrected chi connectivity index (χ4v) is 10.6. The van der Waals surface area contributed by atoms with Gasteiger partial charge in [-0.15, -0.1) is 0 Å². The van der Waals surface area contributed by atoms with E-state index >= 15 is 0 Å². The zero-order chi connectivity index (χ0) is 27.9. The van der Waals surface area contributed by atoms with Crippen molar-refractivity contribution in [2.24, 2.45) is 5.92 Å².